The second-order valence-corrected chi connectivity index (χ2v) is 4.62. The first-order chi connectivity index (χ1) is 9.31. The molecule has 0 spiro atoms. The molecule has 1 unspecified atom stereocenters. The molecule has 2 amide bonds. The summed E-state index contributed by atoms with van der Waals surface area (Å²) in [6, 6.07) is 3.58. The van der Waals surface area contributed by atoms with Gasteiger partial charge in [0.1, 0.15) is 11.9 Å². The lowest BCUT2D eigenvalue weighted by atomic mass is 10.0. The van der Waals surface area contributed by atoms with Crippen molar-refractivity contribution < 1.29 is 19.5 Å². The fourth-order valence-corrected chi connectivity index (χ4v) is 1.58. The summed E-state index contributed by atoms with van der Waals surface area (Å²) in [5.74, 6) is -1.91. The topological polar surface area (TPSA) is 108 Å². The van der Waals surface area contributed by atoms with Crippen LogP contribution >= 0.6 is 0 Å². The Morgan fingerprint density at radius 1 is 1.25 bits per heavy atom. The fourth-order valence-electron chi connectivity index (χ4n) is 1.58. The number of carbonyl (C=O) groups is 3. The number of anilines is 1. The van der Waals surface area contributed by atoms with Gasteiger partial charge in [0.25, 0.3) is 0 Å². The zero-order valence-corrected chi connectivity index (χ0v) is 11.5. The Bertz CT molecular complexity index is 528. The normalized spacial score (nSPS) is 11.8. The van der Waals surface area contributed by atoms with Crippen molar-refractivity contribution in [3.63, 3.8) is 0 Å². The van der Waals surface area contributed by atoms with E-state index in [1.807, 2.05) is 0 Å². The first kappa shape index (κ1) is 15.6. The summed E-state index contributed by atoms with van der Waals surface area (Å²) in [5.41, 5.74) is -0.163. The Kier molecular flexibility index (Phi) is 5.19. The van der Waals surface area contributed by atoms with Crippen molar-refractivity contribution in [1.82, 2.24) is 10.3 Å². The highest BCUT2D eigenvalue weighted by Crippen LogP contribution is 2.08. The second-order valence-electron chi connectivity index (χ2n) is 4.62. The quantitative estimate of drug-likeness (QED) is 0.741. The van der Waals surface area contributed by atoms with E-state index in [4.69, 9.17) is 5.11 Å². The maximum Gasteiger partial charge on any atom is 0.354 e. The monoisotopic (exact) mass is 279 g/mol. The highest BCUT2D eigenvalue weighted by Gasteiger charge is 2.23. The molecule has 0 aliphatic carbocycles. The Morgan fingerprint density at radius 2 is 1.90 bits per heavy atom. The third-order valence-electron chi connectivity index (χ3n) is 2.53. The maximum absolute atomic E-state index is 12.1. The fraction of sp³-hybridized carbons (Fsp3) is 0.385. The second kappa shape index (κ2) is 6.65. The van der Waals surface area contributed by atoms with E-state index in [1.54, 1.807) is 13.8 Å². The lowest BCUT2D eigenvalue weighted by Gasteiger charge is -2.20. The van der Waals surface area contributed by atoms with E-state index in [9.17, 15) is 14.4 Å². The van der Waals surface area contributed by atoms with Gasteiger partial charge < -0.3 is 15.7 Å². The molecule has 1 atom stereocenters. The summed E-state index contributed by atoms with van der Waals surface area (Å²) in [7, 11) is 0. The van der Waals surface area contributed by atoms with Crippen LogP contribution in [0.25, 0.3) is 0 Å². The van der Waals surface area contributed by atoms with E-state index in [-0.39, 0.29) is 23.3 Å². The van der Waals surface area contributed by atoms with Crippen LogP contribution in [0.1, 0.15) is 31.3 Å². The number of hydrogen-bond acceptors (Lipinski definition) is 4. The lowest BCUT2D eigenvalue weighted by Crippen LogP contribution is -2.46. The minimum Gasteiger partial charge on any atom is -0.477 e. The number of aromatic nitrogens is 1. The van der Waals surface area contributed by atoms with Gasteiger partial charge in [0.05, 0.1) is 0 Å². The van der Waals surface area contributed by atoms with Crippen molar-refractivity contribution in [3.8, 4) is 0 Å². The van der Waals surface area contributed by atoms with Gasteiger partial charge in [-0.1, -0.05) is 19.9 Å². The molecule has 7 heteroatoms. The smallest absolute Gasteiger partial charge is 0.354 e. The van der Waals surface area contributed by atoms with Crippen LogP contribution in [0.5, 0.6) is 0 Å². The van der Waals surface area contributed by atoms with E-state index >= 15 is 0 Å². The molecule has 1 aromatic heterocycles. The zero-order chi connectivity index (χ0) is 15.3. The number of pyridine rings is 1. The number of amides is 2. The minimum atomic E-state index is -1.18. The first-order valence-electron chi connectivity index (χ1n) is 6.09. The van der Waals surface area contributed by atoms with Crippen LogP contribution in [0.15, 0.2) is 18.2 Å². The Hall–Kier alpha value is -2.44. The molecule has 1 heterocycles. The minimum absolute atomic E-state index is 0.110. The van der Waals surface area contributed by atoms with Crippen LogP contribution in [0.2, 0.25) is 0 Å². The van der Waals surface area contributed by atoms with Crippen molar-refractivity contribution in [2.24, 2.45) is 5.92 Å². The summed E-state index contributed by atoms with van der Waals surface area (Å²) < 4.78 is 0. The van der Waals surface area contributed by atoms with Gasteiger partial charge in [0.2, 0.25) is 11.8 Å². The van der Waals surface area contributed by atoms with Gasteiger partial charge >= 0.3 is 5.97 Å². The van der Waals surface area contributed by atoms with Gasteiger partial charge in [-0.05, 0) is 18.1 Å². The van der Waals surface area contributed by atoms with Crippen molar-refractivity contribution in [1.29, 1.82) is 0 Å². The number of nitrogens with one attached hydrogen (secondary N) is 2. The van der Waals surface area contributed by atoms with Crippen molar-refractivity contribution in [3.05, 3.63) is 23.9 Å². The highest BCUT2D eigenvalue weighted by molar-refractivity contribution is 5.97. The predicted molar refractivity (Wildman–Crippen MR) is 72.3 cm³/mol. The van der Waals surface area contributed by atoms with Crippen LogP contribution < -0.4 is 10.6 Å². The van der Waals surface area contributed by atoms with Crippen LogP contribution in [0.3, 0.4) is 0 Å². The number of carboxylic acid groups (broad SMARTS) is 1. The van der Waals surface area contributed by atoms with E-state index in [2.05, 4.69) is 15.6 Å². The summed E-state index contributed by atoms with van der Waals surface area (Å²) in [5, 5.41) is 13.9. The number of aromatic carboxylic acids is 1. The lowest BCUT2D eigenvalue weighted by molar-refractivity contribution is -0.126. The van der Waals surface area contributed by atoms with Gasteiger partial charge in [-0.15, -0.1) is 0 Å². The van der Waals surface area contributed by atoms with Crippen LogP contribution in [0.4, 0.5) is 5.82 Å². The molecule has 0 fully saturated rings. The molecule has 20 heavy (non-hydrogen) atoms. The summed E-state index contributed by atoms with van der Waals surface area (Å²) in [6.45, 7) is 4.91. The van der Waals surface area contributed by atoms with E-state index < -0.39 is 17.9 Å². The molecule has 0 radical (unpaired) electrons. The first-order valence-corrected chi connectivity index (χ1v) is 6.09. The van der Waals surface area contributed by atoms with Gasteiger partial charge in [0.15, 0.2) is 5.69 Å². The van der Waals surface area contributed by atoms with Crippen molar-refractivity contribution in [2.45, 2.75) is 26.8 Å². The largest absolute Gasteiger partial charge is 0.477 e. The Labute approximate surface area is 116 Å². The third kappa shape index (κ3) is 4.34. The number of hydrogen-bond donors (Lipinski definition) is 3. The Morgan fingerprint density at radius 3 is 2.40 bits per heavy atom. The van der Waals surface area contributed by atoms with Crippen LogP contribution in [-0.4, -0.2) is 33.9 Å². The van der Waals surface area contributed by atoms with E-state index in [0.29, 0.717) is 0 Å². The van der Waals surface area contributed by atoms with Gasteiger partial charge in [-0.3, -0.25) is 9.59 Å². The average Bonchev–Trinajstić information content (AvgIpc) is 2.35. The molecule has 7 nitrogen and oxygen atoms in total. The third-order valence-corrected chi connectivity index (χ3v) is 2.53. The molecule has 0 saturated heterocycles. The molecule has 0 aliphatic heterocycles. The van der Waals surface area contributed by atoms with Gasteiger partial charge in [-0.2, -0.15) is 0 Å². The molecule has 108 valence electrons. The number of carbonyl (C=O) groups excluding carboxylic acids is 2. The Balaban J connectivity index is 2.85. The molecule has 0 aliphatic rings. The molecular formula is C13H17N3O4. The van der Waals surface area contributed by atoms with Crippen LogP contribution in [0, 0.1) is 5.92 Å². The van der Waals surface area contributed by atoms with Crippen LogP contribution in [-0.2, 0) is 9.59 Å². The molecule has 0 bridgehead atoms. The van der Waals surface area contributed by atoms with Gasteiger partial charge in [0, 0.05) is 6.92 Å². The standard InChI is InChI=1S/C13H17N3O4/c1-7(2)11(14-8(3)17)12(18)16-10-6-4-5-9(15-10)13(19)20/h4-7,11H,1-3H3,(H,14,17)(H,19,20)(H,15,16,18). The summed E-state index contributed by atoms with van der Waals surface area (Å²) >= 11 is 0. The average molecular weight is 279 g/mol. The molecule has 1 aromatic rings. The number of rotatable bonds is 5. The molecule has 1 rings (SSSR count). The number of carboxylic acids is 1. The van der Waals surface area contributed by atoms with Crippen molar-refractivity contribution in [2.75, 3.05) is 5.32 Å². The van der Waals surface area contributed by atoms with E-state index in [0.717, 1.165) is 0 Å². The summed E-state index contributed by atoms with van der Waals surface area (Å²) in [4.78, 5) is 37.7. The maximum atomic E-state index is 12.1. The molecule has 0 saturated carbocycles. The molecule has 0 aromatic carbocycles. The zero-order valence-electron chi connectivity index (χ0n) is 11.5. The van der Waals surface area contributed by atoms with Gasteiger partial charge in [-0.25, -0.2) is 9.78 Å². The summed E-state index contributed by atoms with van der Waals surface area (Å²) in [6.07, 6.45) is 0. The molecular weight excluding hydrogens is 262 g/mol. The number of nitrogens with zero attached hydrogens (tertiary/aromatic N) is 1. The van der Waals surface area contributed by atoms with E-state index in [1.165, 1.54) is 25.1 Å². The predicted octanol–water partition coefficient (Wildman–Crippen LogP) is 0.879. The molecule has 3 N–H and O–H groups in total. The SMILES string of the molecule is CC(=O)NC(C(=O)Nc1cccc(C(=O)O)n1)C(C)C. The highest BCUT2D eigenvalue weighted by atomic mass is 16.4. The van der Waals surface area contributed by atoms with Crippen molar-refractivity contribution >= 4 is 23.6 Å².